The highest BCUT2D eigenvalue weighted by atomic mass is 16.4. The largest absolute Gasteiger partial charge is 0.441 e. The molecule has 0 bridgehead atoms. The number of carbonyl (C=O) groups is 1. The van der Waals surface area contributed by atoms with Crippen LogP contribution in [0, 0.1) is 19.8 Å². The van der Waals surface area contributed by atoms with Gasteiger partial charge in [-0.1, -0.05) is 17.7 Å². The van der Waals surface area contributed by atoms with E-state index in [1.807, 2.05) is 19.1 Å². The first-order valence-electron chi connectivity index (χ1n) is 9.51. The van der Waals surface area contributed by atoms with Gasteiger partial charge in [0.2, 0.25) is 11.8 Å². The lowest BCUT2D eigenvalue weighted by molar-refractivity contribution is -0.119. The van der Waals surface area contributed by atoms with E-state index in [0.717, 1.165) is 49.6 Å². The Balaban J connectivity index is 1.53. The highest BCUT2D eigenvalue weighted by Gasteiger charge is 2.21. The zero-order valence-corrected chi connectivity index (χ0v) is 16.0. The number of rotatable bonds is 6. The van der Waals surface area contributed by atoms with Crippen molar-refractivity contribution in [3.05, 3.63) is 41.3 Å². The SMILES string of the molecule is CC(=O)NCCC1CCN(Cc2nc(-c3cccc(C)c3)oc2C)CC1. The maximum absolute atomic E-state index is 11.0. The number of benzene rings is 1. The summed E-state index contributed by atoms with van der Waals surface area (Å²) in [5.41, 5.74) is 3.29. The van der Waals surface area contributed by atoms with Crippen molar-refractivity contribution in [2.45, 2.75) is 46.6 Å². The van der Waals surface area contributed by atoms with Gasteiger partial charge in [0.1, 0.15) is 5.76 Å². The number of hydrogen-bond acceptors (Lipinski definition) is 4. The smallest absolute Gasteiger partial charge is 0.226 e. The number of amides is 1. The Morgan fingerprint density at radius 2 is 2.08 bits per heavy atom. The van der Waals surface area contributed by atoms with Crippen LogP contribution in [0.2, 0.25) is 0 Å². The number of oxazole rings is 1. The Labute approximate surface area is 155 Å². The zero-order valence-electron chi connectivity index (χ0n) is 16.0. The van der Waals surface area contributed by atoms with Crippen LogP contribution in [0.15, 0.2) is 28.7 Å². The second kappa shape index (κ2) is 8.49. The number of aryl methyl sites for hydroxylation is 2. The Morgan fingerprint density at radius 3 is 2.77 bits per heavy atom. The molecule has 140 valence electrons. The van der Waals surface area contributed by atoms with Crippen LogP contribution in [0.1, 0.15) is 43.2 Å². The molecule has 1 aliphatic heterocycles. The summed E-state index contributed by atoms with van der Waals surface area (Å²) in [6.45, 7) is 9.46. The first-order valence-corrected chi connectivity index (χ1v) is 9.51. The van der Waals surface area contributed by atoms with Gasteiger partial charge in [-0.25, -0.2) is 4.98 Å². The lowest BCUT2D eigenvalue weighted by Crippen LogP contribution is -2.34. The molecule has 0 radical (unpaired) electrons. The lowest BCUT2D eigenvalue weighted by Gasteiger charge is -2.31. The van der Waals surface area contributed by atoms with E-state index in [-0.39, 0.29) is 5.91 Å². The third kappa shape index (κ3) is 4.94. The van der Waals surface area contributed by atoms with Crippen LogP contribution < -0.4 is 5.32 Å². The molecule has 0 atom stereocenters. The lowest BCUT2D eigenvalue weighted by atomic mass is 9.93. The number of nitrogens with zero attached hydrogens (tertiary/aromatic N) is 2. The molecule has 3 rings (SSSR count). The van der Waals surface area contributed by atoms with Gasteiger partial charge in [0.25, 0.3) is 0 Å². The molecule has 1 aromatic carbocycles. The maximum atomic E-state index is 11.0. The second-order valence-corrected chi connectivity index (χ2v) is 7.38. The molecule has 2 heterocycles. The van der Waals surface area contributed by atoms with Crippen LogP contribution >= 0.6 is 0 Å². The Bertz CT molecular complexity index is 745. The number of hydrogen-bond donors (Lipinski definition) is 1. The molecule has 1 saturated heterocycles. The molecule has 2 aromatic rings. The fourth-order valence-corrected chi connectivity index (χ4v) is 3.57. The van der Waals surface area contributed by atoms with E-state index in [1.54, 1.807) is 6.92 Å². The summed E-state index contributed by atoms with van der Waals surface area (Å²) in [7, 11) is 0. The molecule has 1 fully saturated rings. The quantitative estimate of drug-likeness (QED) is 0.858. The van der Waals surface area contributed by atoms with E-state index in [2.05, 4.69) is 29.3 Å². The maximum Gasteiger partial charge on any atom is 0.226 e. The topological polar surface area (TPSA) is 58.4 Å². The predicted molar refractivity (Wildman–Crippen MR) is 103 cm³/mol. The number of carbonyl (C=O) groups excluding carboxylic acids is 1. The van der Waals surface area contributed by atoms with Crippen molar-refractivity contribution in [2.24, 2.45) is 5.92 Å². The van der Waals surface area contributed by atoms with Crippen molar-refractivity contribution >= 4 is 5.91 Å². The minimum Gasteiger partial charge on any atom is -0.441 e. The van der Waals surface area contributed by atoms with Crippen LogP contribution in [0.5, 0.6) is 0 Å². The zero-order chi connectivity index (χ0) is 18.5. The molecular formula is C21H29N3O2. The molecule has 5 nitrogen and oxygen atoms in total. The van der Waals surface area contributed by atoms with Crippen LogP contribution in [-0.2, 0) is 11.3 Å². The van der Waals surface area contributed by atoms with Gasteiger partial charge >= 0.3 is 0 Å². The summed E-state index contributed by atoms with van der Waals surface area (Å²) in [6.07, 6.45) is 3.44. The van der Waals surface area contributed by atoms with Crippen LogP contribution in [0.3, 0.4) is 0 Å². The molecule has 0 aliphatic carbocycles. The molecule has 26 heavy (non-hydrogen) atoms. The van der Waals surface area contributed by atoms with Gasteiger partial charge in [-0.2, -0.15) is 0 Å². The van der Waals surface area contributed by atoms with Gasteiger partial charge in [-0.3, -0.25) is 9.69 Å². The summed E-state index contributed by atoms with van der Waals surface area (Å²) in [5, 5.41) is 2.90. The van der Waals surface area contributed by atoms with Gasteiger partial charge in [-0.15, -0.1) is 0 Å². The Kier molecular flexibility index (Phi) is 6.09. The summed E-state index contributed by atoms with van der Waals surface area (Å²) < 4.78 is 5.92. The second-order valence-electron chi connectivity index (χ2n) is 7.38. The van der Waals surface area contributed by atoms with Crippen molar-refractivity contribution in [3.63, 3.8) is 0 Å². The summed E-state index contributed by atoms with van der Waals surface area (Å²) >= 11 is 0. The molecule has 1 aromatic heterocycles. The van der Waals surface area contributed by atoms with Crippen molar-refractivity contribution < 1.29 is 9.21 Å². The molecular weight excluding hydrogens is 326 g/mol. The molecule has 0 saturated carbocycles. The van der Waals surface area contributed by atoms with Gasteiger partial charge in [0.05, 0.1) is 5.69 Å². The van der Waals surface area contributed by atoms with E-state index in [1.165, 1.54) is 18.4 Å². The fraction of sp³-hybridized carbons (Fsp3) is 0.524. The van der Waals surface area contributed by atoms with Gasteiger partial charge in [0.15, 0.2) is 0 Å². The first-order chi connectivity index (χ1) is 12.5. The highest BCUT2D eigenvalue weighted by molar-refractivity contribution is 5.72. The van der Waals surface area contributed by atoms with Crippen molar-refractivity contribution in [1.29, 1.82) is 0 Å². The standard InChI is InChI=1S/C21H29N3O2/c1-15-5-4-6-19(13-15)21-23-20(16(2)26-21)14-24-11-8-18(9-12-24)7-10-22-17(3)25/h4-6,13,18H,7-12,14H2,1-3H3,(H,22,25). The number of piperidine rings is 1. The summed E-state index contributed by atoms with van der Waals surface area (Å²) in [4.78, 5) is 18.2. The predicted octanol–water partition coefficient (Wildman–Crippen LogP) is 3.70. The van der Waals surface area contributed by atoms with Crippen molar-refractivity contribution in [1.82, 2.24) is 15.2 Å². The minimum atomic E-state index is 0.0633. The van der Waals surface area contributed by atoms with E-state index in [9.17, 15) is 4.79 Å². The molecule has 1 amide bonds. The summed E-state index contributed by atoms with van der Waals surface area (Å²) in [6, 6.07) is 8.27. The van der Waals surface area contributed by atoms with E-state index in [0.29, 0.717) is 11.8 Å². The summed E-state index contributed by atoms with van der Waals surface area (Å²) in [5.74, 6) is 2.40. The van der Waals surface area contributed by atoms with Crippen LogP contribution in [0.4, 0.5) is 0 Å². The monoisotopic (exact) mass is 355 g/mol. The highest BCUT2D eigenvalue weighted by Crippen LogP contribution is 2.25. The van der Waals surface area contributed by atoms with Crippen molar-refractivity contribution in [2.75, 3.05) is 19.6 Å². The van der Waals surface area contributed by atoms with E-state index in [4.69, 9.17) is 9.40 Å². The van der Waals surface area contributed by atoms with Gasteiger partial charge < -0.3 is 9.73 Å². The molecule has 1 aliphatic rings. The minimum absolute atomic E-state index is 0.0633. The Hall–Kier alpha value is -2.14. The molecule has 5 heteroatoms. The first kappa shape index (κ1) is 18.6. The number of nitrogens with one attached hydrogen (secondary N) is 1. The van der Waals surface area contributed by atoms with Crippen LogP contribution in [-0.4, -0.2) is 35.4 Å². The average Bonchev–Trinajstić information content (AvgIpc) is 2.97. The number of likely N-dealkylation sites (tertiary alicyclic amines) is 1. The normalized spacial score (nSPS) is 16.0. The van der Waals surface area contributed by atoms with Crippen LogP contribution in [0.25, 0.3) is 11.5 Å². The third-order valence-corrected chi connectivity index (χ3v) is 5.16. The molecule has 1 N–H and O–H groups in total. The van der Waals surface area contributed by atoms with Crippen molar-refractivity contribution in [3.8, 4) is 11.5 Å². The average molecular weight is 355 g/mol. The number of aromatic nitrogens is 1. The fourth-order valence-electron chi connectivity index (χ4n) is 3.57. The van der Waals surface area contributed by atoms with E-state index >= 15 is 0 Å². The molecule has 0 spiro atoms. The van der Waals surface area contributed by atoms with E-state index < -0.39 is 0 Å². The Morgan fingerprint density at radius 1 is 1.31 bits per heavy atom. The third-order valence-electron chi connectivity index (χ3n) is 5.16. The molecule has 0 unspecified atom stereocenters. The van der Waals surface area contributed by atoms with Gasteiger partial charge in [0, 0.05) is 25.6 Å². The van der Waals surface area contributed by atoms with Gasteiger partial charge in [-0.05, 0) is 64.3 Å².